The quantitative estimate of drug-likeness (QED) is 0.627. The fourth-order valence-electron chi connectivity index (χ4n) is 2.26. The van der Waals surface area contributed by atoms with Gasteiger partial charge in [-0.2, -0.15) is 0 Å². The first-order valence-electron chi connectivity index (χ1n) is 5.15. The van der Waals surface area contributed by atoms with E-state index in [0.717, 1.165) is 36.9 Å². The van der Waals surface area contributed by atoms with Crippen molar-refractivity contribution in [1.82, 2.24) is 0 Å². The van der Waals surface area contributed by atoms with Gasteiger partial charge in [0, 0.05) is 30.8 Å². The third kappa shape index (κ3) is 1.59. The minimum absolute atomic E-state index is 0.129. The first kappa shape index (κ1) is 9.44. The Bertz CT molecular complexity index is 287. The van der Waals surface area contributed by atoms with Crippen molar-refractivity contribution in [3.63, 3.8) is 0 Å². The van der Waals surface area contributed by atoms with E-state index in [2.05, 4.69) is 0 Å². The fraction of sp³-hybridized carbons (Fsp3) is 0.636. The summed E-state index contributed by atoms with van der Waals surface area (Å²) in [6, 6.07) is 0. The molecule has 0 aromatic heterocycles. The largest absolute Gasteiger partial charge is 0.497 e. The highest BCUT2D eigenvalue weighted by Crippen LogP contribution is 2.34. The van der Waals surface area contributed by atoms with Crippen LogP contribution < -0.4 is 0 Å². The normalized spacial score (nSPS) is 26.9. The lowest BCUT2D eigenvalue weighted by Gasteiger charge is -2.29. The molecule has 0 saturated carbocycles. The number of allylic oxidation sites excluding steroid dienone is 2. The SMILES string of the molecule is O=CCC1CCOC2=C1C(=O)CCC2. The maximum absolute atomic E-state index is 11.7. The highest BCUT2D eigenvalue weighted by atomic mass is 16.5. The first-order chi connectivity index (χ1) is 6.83. The third-order valence-corrected chi connectivity index (χ3v) is 2.94. The Kier molecular flexibility index (Phi) is 2.66. The van der Waals surface area contributed by atoms with Gasteiger partial charge in [0.25, 0.3) is 0 Å². The highest BCUT2D eigenvalue weighted by molar-refractivity contribution is 5.97. The molecule has 0 spiro atoms. The maximum Gasteiger partial charge on any atom is 0.162 e. The molecule has 0 aromatic rings. The van der Waals surface area contributed by atoms with Gasteiger partial charge in [-0.25, -0.2) is 0 Å². The Morgan fingerprint density at radius 3 is 3.07 bits per heavy atom. The molecule has 0 amide bonds. The van der Waals surface area contributed by atoms with Gasteiger partial charge in [0.15, 0.2) is 5.78 Å². The maximum atomic E-state index is 11.7. The molecule has 1 aliphatic heterocycles. The Labute approximate surface area is 83.1 Å². The molecule has 3 nitrogen and oxygen atoms in total. The van der Waals surface area contributed by atoms with Crippen molar-refractivity contribution in [2.75, 3.05) is 6.61 Å². The van der Waals surface area contributed by atoms with Crippen molar-refractivity contribution in [3.05, 3.63) is 11.3 Å². The van der Waals surface area contributed by atoms with Crippen LogP contribution in [-0.2, 0) is 14.3 Å². The number of hydrogen-bond acceptors (Lipinski definition) is 3. The first-order valence-corrected chi connectivity index (χ1v) is 5.15. The molecular formula is C11H14O3. The zero-order chi connectivity index (χ0) is 9.97. The van der Waals surface area contributed by atoms with Crippen LogP contribution in [0.2, 0.25) is 0 Å². The number of rotatable bonds is 2. The van der Waals surface area contributed by atoms with Crippen LogP contribution in [-0.4, -0.2) is 18.7 Å². The van der Waals surface area contributed by atoms with E-state index in [4.69, 9.17) is 4.74 Å². The van der Waals surface area contributed by atoms with Crippen molar-refractivity contribution in [2.24, 2.45) is 5.92 Å². The summed E-state index contributed by atoms with van der Waals surface area (Å²) in [5.74, 6) is 1.18. The molecule has 0 fully saturated rings. The summed E-state index contributed by atoms with van der Waals surface area (Å²) in [7, 11) is 0. The van der Waals surface area contributed by atoms with Crippen LogP contribution in [0.25, 0.3) is 0 Å². The van der Waals surface area contributed by atoms with Crippen LogP contribution in [0.4, 0.5) is 0 Å². The number of hydrogen-bond donors (Lipinski definition) is 0. The van der Waals surface area contributed by atoms with Crippen LogP contribution in [0, 0.1) is 5.92 Å². The average molecular weight is 194 g/mol. The molecule has 0 bridgehead atoms. The Morgan fingerprint density at radius 2 is 2.29 bits per heavy atom. The summed E-state index contributed by atoms with van der Waals surface area (Å²) in [6.45, 7) is 0.657. The lowest BCUT2D eigenvalue weighted by atomic mass is 9.82. The van der Waals surface area contributed by atoms with E-state index in [1.165, 1.54) is 0 Å². The van der Waals surface area contributed by atoms with Crippen molar-refractivity contribution in [3.8, 4) is 0 Å². The molecular weight excluding hydrogens is 180 g/mol. The van der Waals surface area contributed by atoms with Crippen LogP contribution in [0.3, 0.4) is 0 Å². The van der Waals surface area contributed by atoms with Gasteiger partial charge in [0.1, 0.15) is 12.0 Å². The molecule has 0 N–H and O–H groups in total. The number of aldehydes is 1. The van der Waals surface area contributed by atoms with E-state index in [0.29, 0.717) is 19.4 Å². The van der Waals surface area contributed by atoms with Crippen LogP contribution >= 0.6 is 0 Å². The molecule has 0 radical (unpaired) electrons. The third-order valence-electron chi connectivity index (χ3n) is 2.94. The van der Waals surface area contributed by atoms with E-state index in [9.17, 15) is 9.59 Å². The predicted molar refractivity (Wildman–Crippen MR) is 50.6 cm³/mol. The predicted octanol–water partition coefficient (Wildman–Crippen LogP) is 1.62. The second kappa shape index (κ2) is 3.95. The van der Waals surface area contributed by atoms with E-state index < -0.39 is 0 Å². The number of ether oxygens (including phenoxy) is 1. The Morgan fingerprint density at radius 1 is 1.43 bits per heavy atom. The van der Waals surface area contributed by atoms with E-state index in [1.807, 2.05) is 0 Å². The van der Waals surface area contributed by atoms with Crippen molar-refractivity contribution in [2.45, 2.75) is 32.1 Å². The molecule has 1 heterocycles. The second-order valence-electron chi connectivity index (χ2n) is 3.85. The molecule has 2 aliphatic rings. The zero-order valence-electron chi connectivity index (χ0n) is 8.12. The second-order valence-corrected chi connectivity index (χ2v) is 3.85. The lowest BCUT2D eigenvalue weighted by Crippen LogP contribution is -2.26. The van der Waals surface area contributed by atoms with E-state index in [1.54, 1.807) is 0 Å². The van der Waals surface area contributed by atoms with Gasteiger partial charge in [-0.15, -0.1) is 0 Å². The summed E-state index contributed by atoms with van der Waals surface area (Å²) in [6.07, 6.45) is 4.57. The topological polar surface area (TPSA) is 43.4 Å². The van der Waals surface area contributed by atoms with Crippen molar-refractivity contribution >= 4 is 12.1 Å². The molecule has 76 valence electrons. The van der Waals surface area contributed by atoms with Gasteiger partial charge in [0.05, 0.1) is 6.61 Å². The minimum atomic E-state index is 0.129. The van der Waals surface area contributed by atoms with Crippen molar-refractivity contribution < 1.29 is 14.3 Å². The van der Waals surface area contributed by atoms with E-state index in [-0.39, 0.29) is 11.7 Å². The van der Waals surface area contributed by atoms with Gasteiger partial charge in [-0.05, 0) is 12.8 Å². The smallest absolute Gasteiger partial charge is 0.162 e. The molecule has 0 saturated heterocycles. The number of Topliss-reactive ketones (excluding diaryl/α,β-unsaturated/α-hetero) is 1. The van der Waals surface area contributed by atoms with Crippen LogP contribution in [0.1, 0.15) is 32.1 Å². The Balaban J connectivity index is 2.27. The van der Waals surface area contributed by atoms with Crippen LogP contribution in [0.15, 0.2) is 11.3 Å². The van der Waals surface area contributed by atoms with Gasteiger partial charge in [-0.3, -0.25) is 4.79 Å². The number of ketones is 1. The van der Waals surface area contributed by atoms with E-state index >= 15 is 0 Å². The fourth-order valence-corrected chi connectivity index (χ4v) is 2.26. The monoisotopic (exact) mass is 194 g/mol. The van der Waals surface area contributed by atoms with Gasteiger partial charge in [-0.1, -0.05) is 0 Å². The standard InChI is InChI=1S/C11H14O3/c12-6-4-8-5-7-14-10-3-1-2-9(13)11(8)10/h6,8H,1-5,7H2. The summed E-state index contributed by atoms with van der Waals surface area (Å²) in [5, 5.41) is 0. The minimum Gasteiger partial charge on any atom is -0.497 e. The number of carbonyl (C=O) groups is 2. The highest BCUT2D eigenvalue weighted by Gasteiger charge is 2.31. The van der Waals surface area contributed by atoms with Gasteiger partial charge in [0.2, 0.25) is 0 Å². The molecule has 1 atom stereocenters. The molecule has 0 aromatic carbocycles. The molecule has 2 rings (SSSR count). The van der Waals surface area contributed by atoms with Gasteiger partial charge >= 0.3 is 0 Å². The molecule has 14 heavy (non-hydrogen) atoms. The van der Waals surface area contributed by atoms with Crippen molar-refractivity contribution in [1.29, 1.82) is 0 Å². The van der Waals surface area contributed by atoms with Crippen LogP contribution in [0.5, 0.6) is 0 Å². The zero-order valence-corrected chi connectivity index (χ0v) is 8.12. The summed E-state index contributed by atoms with van der Waals surface area (Å²) < 4.78 is 5.47. The molecule has 1 unspecified atom stereocenters. The average Bonchev–Trinajstić information content (AvgIpc) is 2.19. The summed E-state index contributed by atoms with van der Waals surface area (Å²) >= 11 is 0. The Hall–Kier alpha value is -1.12. The number of carbonyl (C=O) groups excluding carboxylic acids is 2. The molecule has 3 heteroatoms. The molecule has 1 aliphatic carbocycles. The lowest BCUT2D eigenvalue weighted by molar-refractivity contribution is -0.117. The van der Waals surface area contributed by atoms with Gasteiger partial charge < -0.3 is 9.53 Å². The summed E-state index contributed by atoms with van der Waals surface area (Å²) in [5.41, 5.74) is 0.814. The summed E-state index contributed by atoms with van der Waals surface area (Å²) in [4.78, 5) is 22.1.